The Hall–Kier alpha value is -1.38. The summed E-state index contributed by atoms with van der Waals surface area (Å²) in [5.41, 5.74) is 0.821. The number of aliphatic hydroxyl groups excluding tert-OH is 1. The lowest BCUT2D eigenvalue weighted by atomic mass is 9.78. The van der Waals surface area contributed by atoms with Crippen molar-refractivity contribution in [3.63, 3.8) is 0 Å². The molecule has 0 spiro atoms. The molecule has 0 fully saturated rings. The van der Waals surface area contributed by atoms with Gasteiger partial charge in [-0.05, 0) is 29.7 Å². The van der Waals surface area contributed by atoms with E-state index >= 15 is 0 Å². The normalized spacial score (nSPS) is 14.1. The Labute approximate surface area is 117 Å². The van der Waals surface area contributed by atoms with Gasteiger partial charge >= 0.3 is 0 Å². The second kappa shape index (κ2) is 5.72. The second-order valence-corrected chi connectivity index (χ2v) is 5.37. The minimum atomic E-state index is -0.597. The molecule has 0 amide bonds. The van der Waals surface area contributed by atoms with Crippen molar-refractivity contribution in [3.8, 4) is 0 Å². The Kier molecular flexibility index (Phi) is 4.23. The SMILES string of the molecule is CC(CO)(Cc1ccccc1F)c1ccccc1Cl. The van der Waals surface area contributed by atoms with Gasteiger partial charge in [0.15, 0.2) is 0 Å². The standard InChI is InChI=1S/C16H16ClFO/c1-16(11-19,13-7-3-4-8-14(13)17)10-12-6-2-5-9-15(12)18/h2-9,19H,10-11H2,1H3. The molecule has 0 radical (unpaired) electrons. The fourth-order valence-electron chi connectivity index (χ4n) is 2.25. The van der Waals surface area contributed by atoms with Crippen LogP contribution in [0.2, 0.25) is 5.02 Å². The van der Waals surface area contributed by atoms with Crippen LogP contribution in [0.4, 0.5) is 4.39 Å². The highest BCUT2D eigenvalue weighted by molar-refractivity contribution is 6.31. The Bertz CT molecular complexity index is 570. The zero-order chi connectivity index (χ0) is 13.9. The van der Waals surface area contributed by atoms with Gasteiger partial charge in [-0.15, -0.1) is 0 Å². The third-order valence-corrected chi connectivity index (χ3v) is 3.74. The highest BCUT2D eigenvalue weighted by Gasteiger charge is 2.29. The highest BCUT2D eigenvalue weighted by Crippen LogP contribution is 2.33. The molecule has 1 nitrogen and oxygen atoms in total. The molecule has 2 aromatic rings. The van der Waals surface area contributed by atoms with E-state index in [1.807, 2.05) is 25.1 Å². The van der Waals surface area contributed by atoms with Gasteiger partial charge in [0, 0.05) is 10.4 Å². The molecule has 0 aliphatic heterocycles. The first-order valence-electron chi connectivity index (χ1n) is 6.16. The summed E-state index contributed by atoms with van der Waals surface area (Å²) in [6.07, 6.45) is 0.403. The molecular weight excluding hydrogens is 263 g/mol. The minimum absolute atomic E-state index is 0.0922. The molecule has 1 N–H and O–H groups in total. The molecule has 1 unspecified atom stereocenters. The molecule has 1 atom stereocenters. The van der Waals surface area contributed by atoms with Crippen molar-refractivity contribution in [1.29, 1.82) is 0 Å². The van der Waals surface area contributed by atoms with Crippen molar-refractivity contribution in [2.24, 2.45) is 0 Å². The van der Waals surface area contributed by atoms with Gasteiger partial charge in [-0.2, -0.15) is 0 Å². The average Bonchev–Trinajstić information content (AvgIpc) is 2.42. The highest BCUT2D eigenvalue weighted by atomic mass is 35.5. The number of hydrogen-bond donors (Lipinski definition) is 1. The van der Waals surface area contributed by atoms with Crippen LogP contribution in [0.5, 0.6) is 0 Å². The van der Waals surface area contributed by atoms with E-state index in [0.717, 1.165) is 5.56 Å². The first-order valence-corrected chi connectivity index (χ1v) is 6.54. The van der Waals surface area contributed by atoms with E-state index in [-0.39, 0.29) is 12.4 Å². The van der Waals surface area contributed by atoms with Crippen LogP contribution in [0.1, 0.15) is 18.1 Å². The zero-order valence-corrected chi connectivity index (χ0v) is 11.5. The molecule has 0 bridgehead atoms. The van der Waals surface area contributed by atoms with Gasteiger partial charge in [0.2, 0.25) is 0 Å². The first kappa shape index (κ1) is 14.0. The van der Waals surface area contributed by atoms with Crippen molar-refractivity contribution >= 4 is 11.6 Å². The number of rotatable bonds is 4. The summed E-state index contributed by atoms with van der Waals surface area (Å²) in [5, 5.41) is 10.3. The molecule has 0 saturated carbocycles. The summed E-state index contributed by atoms with van der Waals surface area (Å²) in [6.45, 7) is 1.80. The Balaban J connectivity index is 2.39. The van der Waals surface area contributed by atoms with Crippen LogP contribution < -0.4 is 0 Å². The van der Waals surface area contributed by atoms with Gasteiger partial charge in [-0.3, -0.25) is 0 Å². The summed E-state index contributed by atoms with van der Waals surface area (Å²) in [6, 6.07) is 14.0. The van der Waals surface area contributed by atoms with Gasteiger partial charge < -0.3 is 5.11 Å². The second-order valence-electron chi connectivity index (χ2n) is 4.97. The topological polar surface area (TPSA) is 20.2 Å². The largest absolute Gasteiger partial charge is 0.395 e. The molecule has 0 aliphatic rings. The van der Waals surface area contributed by atoms with Gasteiger partial charge in [-0.25, -0.2) is 4.39 Å². The van der Waals surface area contributed by atoms with E-state index < -0.39 is 5.41 Å². The molecule has 2 aromatic carbocycles. The lowest BCUT2D eigenvalue weighted by Gasteiger charge is -2.29. The summed E-state index contributed by atoms with van der Waals surface area (Å²) in [5.74, 6) is -0.255. The van der Waals surface area contributed by atoms with Crippen LogP contribution in [0.25, 0.3) is 0 Å². The zero-order valence-electron chi connectivity index (χ0n) is 10.7. The van der Waals surface area contributed by atoms with Crippen LogP contribution >= 0.6 is 11.6 Å². The van der Waals surface area contributed by atoms with E-state index in [4.69, 9.17) is 11.6 Å². The predicted octanol–water partition coefficient (Wildman–Crippen LogP) is 3.97. The Morgan fingerprint density at radius 2 is 1.74 bits per heavy atom. The van der Waals surface area contributed by atoms with Crippen molar-refractivity contribution < 1.29 is 9.50 Å². The van der Waals surface area contributed by atoms with E-state index in [2.05, 4.69) is 0 Å². The van der Waals surface area contributed by atoms with E-state index in [9.17, 15) is 9.50 Å². The lowest BCUT2D eigenvalue weighted by Crippen LogP contribution is -2.30. The maximum absolute atomic E-state index is 13.8. The summed E-state index contributed by atoms with van der Waals surface area (Å²) >= 11 is 6.19. The first-order chi connectivity index (χ1) is 9.07. The number of hydrogen-bond acceptors (Lipinski definition) is 1. The van der Waals surface area contributed by atoms with Gasteiger partial charge in [-0.1, -0.05) is 54.9 Å². The lowest BCUT2D eigenvalue weighted by molar-refractivity contribution is 0.204. The molecule has 0 heterocycles. The van der Waals surface area contributed by atoms with Crippen LogP contribution in [0.3, 0.4) is 0 Å². The monoisotopic (exact) mass is 278 g/mol. The third kappa shape index (κ3) is 2.96. The maximum atomic E-state index is 13.8. The van der Waals surface area contributed by atoms with Crippen LogP contribution in [-0.4, -0.2) is 11.7 Å². The molecular formula is C16H16ClFO. The molecule has 0 aromatic heterocycles. The Morgan fingerprint density at radius 1 is 1.11 bits per heavy atom. The molecule has 0 saturated heterocycles. The van der Waals surface area contributed by atoms with Crippen LogP contribution in [0, 0.1) is 5.82 Å². The average molecular weight is 279 g/mol. The maximum Gasteiger partial charge on any atom is 0.126 e. The van der Waals surface area contributed by atoms with E-state index in [1.54, 1.807) is 24.3 Å². The molecule has 0 aliphatic carbocycles. The smallest absolute Gasteiger partial charge is 0.126 e. The Morgan fingerprint density at radius 3 is 2.37 bits per heavy atom. The van der Waals surface area contributed by atoms with Crippen molar-refractivity contribution in [1.82, 2.24) is 0 Å². The summed E-state index contributed by atoms with van der Waals surface area (Å²) < 4.78 is 13.8. The minimum Gasteiger partial charge on any atom is -0.395 e. The van der Waals surface area contributed by atoms with Gasteiger partial charge in [0.1, 0.15) is 5.82 Å². The third-order valence-electron chi connectivity index (χ3n) is 3.41. The molecule has 100 valence electrons. The number of benzene rings is 2. The summed E-state index contributed by atoms with van der Waals surface area (Å²) in [4.78, 5) is 0. The fourth-order valence-corrected chi connectivity index (χ4v) is 2.61. The van der Waals surface area contributed by atoms with Crippen LogP contribution in [0.15, 0.2) is 48.5 Å². The van der Waals surface area contributed by atoms with E-state index in [1.165, 1.54) is 6.07 Å². The predicted molar refractivity (Wildman–Crippen MR) is 76.0 cm³/mol. The number of aliphatic hydroxyl groups is 1. The molecule has 19 heavy (non-hydrogen) atoms. The van der Waals surface area contributed by atoms with Crippen LogP contribution in [-0.2, 0) is 11.8 Å². The van der Waals surface area contributed by atoms with Crippen molar-refractivity contribution in [3.05, 3.63) is 70.5 Å². The van der Waals surface area contributed by atoms with Gasteiger partial charge in [0.05, 0.1) is 6.61 Å². The van der Waals surface area contributed by atoms with Gasteiger partial charge in [0.25, 0.3) is 0 Å². The quantitative estimate of drug-likeness (QED) is 0.897. The molecule has 3 heteroatoms. The van der Waals surface area contributed by atoms with E-state index in [0.29, 0.717) is 17.0 Å². The molecule has 2 rings (SSSR count). The summed E-state index contributed by atoms with van der Waals surface area (Å²) in [7, 11) is 0. The van der Waals surface area contributed by atoms with Crippen molar-refractivity contribution in [2.45, 2.75) is 18.8 Å². The van der Waals surface area contributed by atoms with Crippen molar-refractivity contribution in [2.75, 3.05) is 6.61 Å². The number of halogens is 2. The fraction of sp³-hybridized carbons (Fsp3) is 0.250.